The van der Waals surface area contributed by atoms with Crippen molar-refractivity contribution in [3.63, 3.8) is 0 Å². The quantitative estimate of drug-likeness (QED) is 0.373. The maximum atomic E-state index is 14.7. The number of hydrogen-bond acceptors (Lipinski definition) is 5. The summed E-state index contributed by atoms with van der Waals surface area (Å²) in [7, 11) is 0. The highest BCUT2D eigenvalue weighted by Crippen LogP contribution is 2.71. The van der Waals surface area contributed by atoms with E-state index in [0.717, 1.165) is 29.3 Å². The molecule has 3 aliphatic heterocycles. The molecule has 3 saturated heterocycles. The molecule has 3 aliphatic rings. The van der Waals surface area contributed by atoms with Crippen LogP contribution in [-0.2, 0) is 14.4 Å². The van der Waals surface area contributed by atoms with E-state index in [1.165, 1.54) is 0 Å². The first-order chi connectivity index (χ1) is 19.8. The van der Waals surface area contributed by atoms with Crippen LogP contribution in [0.3, 0.4) is 0 Å². The third kappa shape index (κ3) is 4.79. The molecule has 5 atom stereocenters. The fourth-order valence-electron chi connectivity index (χ4n) is 7.42. The van der Waals surface area contributed by atoms with Gasteiger partial charge in [-0.15, -0.1) is 24.9 Å². The van der Waals surface area contributed by atoms with Gasteiger partial charge in [-0.05, 0) is 55.5 Å². The molecule has 1 N–H and O–H groups in total. The lowest BCUT2D eigenvalue weighted by molar-refractivity contribution is -0.145. The Morgan fingerprint density at radius 2 is 1.83 bits per heavy atom. The van der Waals surface area contributed by atoms with Gasteiger partial charge in [-0.25, -0.2) is 0 Å². The molecule has 3 heterocycles. The lowest BCUT2D eigenvalue weighted by Crippen LogP contribution is -2.55. The SMILES string of the molecule is C=CCN(CCC)C(=O)[C@@H]1[C@H]2C(=O)N(CCCO)C(C(=O)N(CC=C)c3ccc4ccccc4c3)C23CC[C@@]1(C)S3. The monoisotopic (exact) mass is 575 g/mol. The summed E-state index contributed by atoms with van der Waals surface area (Å²) in [5.41, 5.74) is 0.750. The summed E-state index contributed by atoms with van der Waals surface area (Å²) in [6.07, 6.45) is 6.08. The van der Waals surface area contributed by atoms with Gasteiger partial charge in [0, 0.05) is 43.2 Å². The number of rotatable bonds is 12. The molecule has 3 fully saturated rings. The second-order valence-corrected chi connectivity index (χ2v) is 13.6. The average molecular weight is 576 g/mol. The summed E-state index contributed by atoms with van der Waals surface area (Å²) >= 11 is 1.68. The summed E-state index contributed by atoms with van der Waals surface area (Å²) in [5, 5.41) is 11.8. The maximum absolute atomic E-state index is 14.7. The number of amides is 3. The Balaban J connectivity index is 1.58. The molecule has 7 nitrogen and oxygen atoms in total. The molecule has 0 radical (unpaired) electrons. The van der Waals surface area contributed by atoms with Gasteiger partial charge in [-0.3, -0.25) is 14.4 Å². The third-order valence-corrected chi connectivity index (χ3v) is 11.1. The van der Waals surface area contributed by atoms with Gasteiger partial charge in [0.05, 0.1) is 16.6 Å². The number of anilines is 1. The molecule has 2 bridgehead atoms. The summed E-state index contributed by atoms with van der Waals surface area (Å²) < 4.78 is -1.14. The molecule has 2 aromatic carbocycles. The van der Waals surface area contributed by atoms with Crippen LogP contribution in [0, 0.1) is 11.8 Å². The molecule has 5 rings (SSSR count). The molecule has 2 unspecified atom stereocenters. The molecular weight excluding hydrogens is 534 g/mol. The van der Waals surface area contributed by atoms with Crippen molar-refractivity contribution in [1.29, 1.82) is 0 Å². The molecule has 1 spiro atoms. The molecule has 8 heteroatoms. The number of carbonyl (C=O) groups is 3. The average Bonchev–Trinajstić information content (AvgIpc) is 3.54. The number of aliphatic hydroxyl groups is 1. The number of thioether (sulfide) groups is 1. The van der Waals surface area contributed by atoms with Crippen LogP contribution in [0.4, 0.5) is 5.69 Å². The summed E-state index contributed by atoms with van der Waals surface area (Å²) in [5.74, 6) is -1.41. The zero-order valence-corrected chi connectivity index (χ0v) is 24.9. The molecule has 2 aromatic rings. The van der Waals surface area contributed by atoms with Crippen molar-refractivity contribution in [2.45, 2.75) is 55.1 Å². The predicted octanol–water partition coefficient (Wildman–Crippen LogP) is 4.65. The van der Waals surface area contributed by atoms with Gasteiger partial charge in [0.15, 0.2) is 0 Å². The van der Waals surface area contributed by atoms with Gasteiger partial charge in [-0.2, -0.15) is 0 Å². The van der Waals surface area contributed by atoms with Crippen molar-refractivity contribution < 1.29 is 19.5 Å². The van der Waals surface area contributed by atoms with E-state index in [2.05, 4.69) is 20.1 Å². The fraction of sp³-hybridized carbons (Fsp3) is 0.485. The highest BCUT2D eigenvalue weighted by atomic mass is 32.2. The predicted molar refractivity (Wildman–Crippen MR) is 166 cm³/mol. The van der Waals surface area contributed by atoms with Gasteiger partial charge in [0.2, 0.25) is 11.8 Å². The zero-order chi connectivity index (χ0) is 29.4. The van der Waals surface area contributed by atoms with E-state index >= 15 is 0 Å². The first-order valence-corrected chi connectivity index (χ1v) is 15.5. The minimum atomic E-state index is -0.735. The van der Waals surface area contributed by atoms with Crippen molar-refractivity contribution in [2.75, 3.05) is 37.7 Å². The van der Waals surface area contributed by atoms with Crippen LogP contribution < -0.4 is 4.90 Å². The molecule has 3 amide bonds. The number of benzene rings is 2. The number of aliphatic hydroxyl groups excluding tert-OH is 1. The molecule has 0 aliphatic carbocycles. The van der Waals surface area contributed by atoms with Crippen molar-refractivity contribution in [3.05, 3.63) is 67.8 Å². The highest BCUT2D eigenvalue weighted by molar-refractivity contribution is 8.02. The van der Waals surface area contributed by atoms with Gasteiger partial charge < -0.3 is 19.8 Å². The number of likely N-dealkylation sites (tertiary alicyclic amines) is 1. The lowest BCUT2D eigenvalue weighted by atomic mass is 9.66. The van der Waals surface area contributed by atoms with E-state index in [-0.39, 0.29) is 30.9 Å². The minimum Gasteiger partial charge on any atom is -0.396 e. The van der Waals surface area contributed by atoms with Gasteiger partial charge in [0.1, 0.15) is 6.04 Å². The summed E-state index contributed by atoms with van der Waals surface area (Å²) in [4.78, 5) is 48.4. The molecule has 41 heavy (non-hydrogen) atoms. The third-order valence-electron chi connectivity index (χ3n) is 9.11. The highest BCUT2D eigenvalue weighted by Gasteiger charge is 2.77. The van der Waals surface area contributed by atoms with Crippen molar-refractivity contribution >= 4 is 45.9 Å². The smallest absolute Gasteiger partial charge is 0.251 e. The van der Waals surface area contributed by atoms with Crippen molar-refractivity contribution in [2.24, 2.45) is 11.8 Å². The molecule has 0 aromatic heterocycles. The second kappa shape index (κ2) is 11.6. The van der Waals surface area contributed by atoms with E-state index in [4.69, 9.17) is 0 Å². The first-order valence-electron chi connectivity index (χ1n) is 14.7. The Bertz CT molecular complexity index is 1360. The Morgan fingerprint density at radius 3 is 2.51 bits per heavy atom. The van der Waals surface area contributed by atoms with Crippen LogP contribution in [0.15, 0.2) is 67.8 Å². The minimum absolute atomic E-state index is 0.0191. The van der Waals surface area contributed by atoms with Crippen LogP contribution in [0.5, 0.6) is 0 Å². The van der Waals surface area contributed by atoms with Crippen LogP contribution in [0.2, 0.25) is 0 Å². The fourth-order valence-corrected chi connectivity index (χ4v) is 9.76. The van der Waals surface area contributed by atoms with Crippen LogP contribution in [-0.4, -0.2) is 80.9 Å². The maximum Gasteiger partial charge on any atom is 0.251 e. The van der Waals surface area contributed by atoms with Gasteiger partial charge in [0.25, 0.3) is 5.91 Å². The Morgan fingerprint density at radius 1 is 1.10 bits per heavy atom. The van der Waals surface area contributed by atoms with Crippen LogP contribution in [0.25, 0.3) is 10.8 Å². The van der Waals surface area contributed by atoms with Crippen molar-refractivity contribution in [1.82, 2.24) is 9.80 Å². The Labute approximate surface area is 247 Å². The Hall–Kier alpha value is -3.10. The number of nitrogens with zero attached hydrogens (tertiary/aromatic N) is 3. The van der Waals surface area contributed by atoms with Gasteiger partial charge >= 0.3 is 0 Å². The zero-order valence-electron chi connectivity index (χ0n) is 24.1. The Kier molecular flexibility index (Phi) is 8.35. The van der Waals surface area contributed by atoms with Crippen LogP contribution in [0.1, 0.15) is 39.5 Å². The van der Waals surface area contributed by atoms with Crippen molar-refractivity contribution in [3.8, 4) is 0 Å². The summed E-state index contributed by atoms with van der Waals surface area (Å²) in [6, 6.07) is 13.2. The van der Waals surface area contributed by atoms with E-state index in [1.54, 1.807) is 33.7 Å². The summed E-state index contributed by atoms with van der Waals surface area (Å²) in [6.45, 7) is 13.4. The normalized spacial score (nSPS) is 28.1. The molecule has 218 valence electrons. The van der Waals surface area contributed by atoms with E-state index in [0.29, 0.717) is 32.5 Å². The topological polar surface area (TPSA) is 81.2 Å². The molecule has 0 saturated carbocycles. The number of carbonyl (C=O) groups excluding carboxylic acids is 3. The van der Waals surface area contributed by atoms with Crippen LogP contribution >= 0.6 is 11.8 Å². The first kappa shape index (κ1) is 29.4. The number of hydrogen-bond donors (Lipinski definition) is 1. The largest absolute Gasteiger partial charge is 0.396 e. The lowest BCUT2D eigenvalue weighted by Gasteiger charge is -2.38. The molecular formula is C33H41N3O4S. The van der Waals surface area contributed by atoms with E-state index in [1.807, 2.05) is 54.3 Å². The standard InChI is InChI=1S/C33H41N3O4S/c1-5-17-34(18-6-2)29(38)26-27-30(39)36(20-10-21-37)28(33(27)16-15-32(26,4)41-33)31(40)35(19-7-3)25-14-13-23-11-8-9-12-24(23)22-25/h5,7-9,11-14,22,26-28,37H,1,3,6,10,15-21H2,2,4H3/t26-,27-,28?,32+,33?/m0/s1. The van der Waals surface area contributed by atoms with Gasteiger partial charge in [-0.1, -0.05) is 49.4 Å². The second-order valence-electron chi connectivity index (χ2n) is 11.7. The number of fused-ring (bicyclic) bond motifs is 2. The van der Waals surface area contributed by atoms with E-state index in [9.17, 15) is 19.5 Å². The van der Waals surface area contributed by atoms with E-state index < -0.39 is 27.4 Å².